The Bertz CT molecular complexity index is 408. The van der Waals surface area contributed by atoms with Crippen LogP contribution in [0.1, 0.15) is 5.69 Å². The minimum atomic E-state index is -0.118. The highest BCUT2D eigenvalue weighted by Gasteiger charge is 2.06. The number of anilines is 1. The van der Waals surface area contributed by atoms with Gasteiger partial charge in [0.1, 0.15) is 5.69 Å². The Labute approximate surface area is 69.2 Å². The molecule has 0 fully saturated rings. The Kier molecular flexibility index (Phi) is 1.48. The third kappa shape index (κ3) is 0.853. The maximum Gasteiger partial charge on any atom is 0.112 e. The molecule has 12 heavy (non-hydrogen) atoms. The Balaban J connectivity index is 2.78. The van der Waals surface area contributed by atoms with Gasteiger partial charge >= 0.3 is 0 Å². The minimum Gasteiger partial charge on any atom is -0.395 e. The third-order valence-corrected chi connectivity index (χ3v) is 1.80. The summed E-state index contributed by atoms with van der Waals surface area (Å²) in [5.74, 6) is 0. The van der Waals surface area contributed by atoms with E-state index in [2.05, 4.69) is 5.10 Å². The van der Waals surface area contributed by atoms with Crippen molar-refractivity contribution in [3.63, 3.8) is 0 Å². The fourth-order valence-electron chi connectivity index (χ4n) is 1.18. The summed E-state index contributed by atoms with van der Waals surface area (Å²) in [5, 5.41) is 12.9. The first-order valence-electron chi connectivity index (χ1n) is 3.65. The summed E-state index contributed by atoms with van der Waals surface area (Å²) in [5.41, 5.74) is 7.62. The second-order valence-electron chi connectivity index (χ2n) is 2.55. The van der Waals surface area contributed by atoms with E-state index in [1.807, 2.05) is 18.2 Å². The molecule has 0 aromatic carbocycles. The molecule has 0 unspecified atom stereocenters. The predicted octanol–water partition coefficient (Wildman–Crippen LogP) is 0.409. The van der Waals surface area contributed by atoms with Crippen molar-refractivity contribution in [2.24, 2.45) is 0 Å². The van der Waals surface area contributed by atoms with Crippen molar-refractivity contribution in [1.29, 1.82) is 0 Å². The van der Waals surface area contributed by atoms with Crippen LogP contribution >= 0.6 is 0 Å². The van der Waals surface area contributed by atoms with Gasteiger partial charge in [-0.05, 0) is 12.1 Å². The fourth-order valence-corrected chi connectivity index (χ4v) is 1.18. The summed E-state index contributed by atoms with van der Waals surface area (Å²) in [7, 11) is 0. The molecule has 2 aromatic heterocycles. The molecule has 3 N–H and O–H groups in total. The maximum atomic E-state index is 8.86. The van der Waals surface area contributed by atoms with Gasteiger partial charge in [-0.3, -0.25) is 0 Å². The van der Waals surface area contributed by atoms with Gasteiger partial charge in [-0.25, -0.2) is 4.52 Å². The van der Waals surface area contributed by atoms with E-state index < -0.39 is 0 Å². The molecule has 4 nitrogen and oxygen atoms in total. The summed E-state index contributed by atoms with van der Waals surface area (Å²) >= 11 is 0. The van der Waals surface area contributed by atoms with Gasteiger partial charge in [-0.1, -0.05) is 6.07 Å². The first-order chi connectivity index (χ1) is 5.83. The van der Waals surface area contributed by atoms with Crippen LogP contribution in [0.3, 0.4) is 0 Å². The Hall–Kier alpha value is -1.55. The van der Waals surface area contributed by atoms with Crippen LogP contribution in [0.15, 0.2) is 24.4 Å². The zero-order chi connectivity index (χ0) is 8.55. The average Bonchev–Trinajstić information content (AvgIpc) is 2.44. The molecule has 0 aliphatic carbocycles. The van der Waals surface area contributed by atoms with Gasteiger partial charge in [0, 0.05) is 6.20 Å². The van der Waals surface area contributed by atoms with E-state index in [9.17, 15) is 0 Å². The van der Waals surface area contributed by atoms with Crippen LogP contribution in [0.25, 0.3) is 5.52 Å². The number of nitrogens with zero attached hydrogens (tertiary/aromatic N) is 2. The molecular formula is C8H9N3O. The first-order valence-corrected chi connectivity index (χ1v) is 3.65. The van der Waals surface area contributed by atoms with Crippen molar-refractivity contribution >= 4 is 11.2 Å². The molecule has 0 amide bonds. The highest BCUT2D eigenvalue weighted by Crippen LogP contribution is 2.17. The minimum absolute atomic E-state index is 0.118. The molecular weight excluding hydrogens is 154 g/mol. The Morgan fingerprint density at radius 1 is 1.50 bits per heavy atom. The molecule has 2 rings (SSSR count). The van der Waals surface area contributed by atoms with Gasteiger partial charge in [0.15, 0.2) is 0 Å². The van der Waals surface area contributed by atoms with Crippen LogP contribution in [-0.4, -0.2) is 14.7 Å². The Morgan fingerprint density at radius 2 is 2.33 bits per heavy atom. The van der Waals surface area contributed by atoms with E-state index in [0.717, 1.165) is 5.52 Å². The molecule has 2 aromatic rings. The number of fused-ring (bicyclic) bond motifs is 1. The molecule has 0 saturated heterocycles. The van der Waals surface area contributed by atoms with Crippen LogP contribution in [-0.2, 0) is 6.61 Å². The summed E-state index contributed by atoms with van der Waals surface area (Å²) in [4.78, 5) is 0. The largest absolute Gasteiger partial charge is 0.395 e. The van der Waals surface area contributed by atoms with E-state index in [-0.39, 0.29) is 6.61 Å². The number of pyridine rings is 1. The predicted molar refractivity (Wildman–Crippen MR) is 45.5 cm³/mol. The second kappa shape index (κ2) is 2.49. The number of nitrogens with two attached hydrogens (primary N) is 1. The van der Waals surface area contributed by atoms with Crippen molar-refractivity contribution in [3.8, 4) is 0 Å². The molecule has 0 saturated carbocycles. The summed E-state index contributed by atoms with van der Waals surface area (Å²) < 4.78 is 1.65. The zero-order valence-corrected chi connectivity index (χ0v) is 6.44. The number of hydrogen-bond acceptors (Lipinski definition) is 3. The lowest BCUT2D eigenvalue weighted by atomic mass is 10.3. The molecule has 0 aliphatic rings. The number of aromatic nitrogens is 2. The van der Waals surface area contributed by atoms with Crippen LogP contribution in [0.5, 0.6) is 0 Å². The fraction of sp³-hybridized carbons (Fsp3) is 0.125. The normalized spacial score (nSPS) is 10.8. The monoisotopic (exact) mass is 163 g/mol. The zero-order valence-electron chi connectivity index (χ0n) is 6.44. The van der Waals surface area contributed by atoms with E-state index in [0.29, 0.717) is 11.4 Å². The number of aliphatic hydroxyl groups excluding tert-OH is 1. The van der Waals surface area contributed by atoms with Crippen LogP contribution < -0.4 is 5.73 Å². The van der Waals surface area contributed by atoms with Crippen molar-refractivity contribution in [2.45, 2.75) is 6.61 Å². The summed E-state index contributed by atoms with van der Waals surface area (Å²) in [6.45, 7) is -0.118. The molecule has 62 valence electrons. The first kappa shape index (κ1) is 7.12. The van der Waals surface area contributed by atoms with E-state index >= 15 is 0 Å². The molecule has 4 heteroatoms. The SMILES string of the molecule is Nc1c(CO)nn2ccccc12. The van der Waals surface area contributed by atoms with E-state index in [1.165, 1.54) is 0 Å². The van der Waals surface area contributed by atoms with Gasteiger partial charge in [0.05, 0.1) is 17.8 Å². The topological polar surface area (TPSA) is 63.5 Å². The van der Waals surface area contributed by atoms with Gasteiger partial charge in [0.25, 0.3) is 0 Å². The molecule has 2 heterocycles. The van der Waals surface area contributed by atoms with Gasteiger partial charge in [-0.15, -0.1) is 0 Å². The Morgan fingerprint density at radius 3 is 3.00 bits per heavy atom. The molecule has 0 radical (unpaired) electrons. The average molecular weight is 163 g/mol. The number of hydrogen-bond donors (Lipinski definition) is 2. The maximum absolute atomic E-state index is 8.86. The number of nitrogen functional groups attached to an aromatic ring is 1. The highest BCUT2D eigenvalue weighted by atomic mass is 16.3. The van der Waals surface area contributed by atoms with Crippen LogP contribution in [0.2, 0.25) is 0 Å². The molecule has 0 spiro atoms. The highest BCUT2D eigenvalue weighted by molar-refractivity contribution is 5.71. The summed E-state index contributed by atoms with van der Waals surface area (Å²) in [6, 6.07) is 5.61. The summed E-state index contributed by atoms with van der Waals surface area (Å²) in [6.07, 6.45) is 1.80. The van der Waals surface area contributed by atoms with Crippen molar-refractivity contribution in [2.75, 3.05) is 5.73 Å². The number of aliphatic hydroxyl groups is 1. The van der Waals surface area contributed by atoms with Crippen molar-refractivity contribution in [1.82, 2.24) is 9.61 Å². The van der Waals surface area contributed by atoms with Crippen molar-refractivity contribution in [3.05, 3.63) is 30.1 Å². The lowest BCUT2D eigenvalue weighted by molar-refractivity contribution is 0.277. The molecule has 0 aliphatic heterocycles. The van der Waals surface area contributed by atoms with Crippen molar-refractivity contribution < 1.29 is 5.11 Å². The molecule has 0 atom stereocenters. The molecule has 0 bridgehead atoms. The van der Waals surface area contributed by atoms with E-state index in [1.54, 1.807) is 10.7 Å². The lowest BCUT2D eigenvalue weighted by Crippen LogP contribution is -1.90. The standard InChI is InChI=1S/C8H9N3O/c9-8-6(5-12)10-11-4-2-1-3-7(8)11/h1-4,12H,5,9H2. The van der Waals surface area contributed by atoms with Gasteiger partial charge < -0.3 is 10.8 Å². The van der Waals surface area contributed by atoms with Crippen LogP contribution in [0.4, 0.5) is 5.69 Å². The smallest absolute Gasteiger partial charge is 0.112 e. The van der Waals surface area contributed by atoms with Gasteiger partial charge in [-0.2, -0.15) is 5.10 Å². The lowest BCUT2D eigenvalue weighted by Gasteiger charge is -1.90. The quantitative estimate of drug-likeness (QED) is 0.640. The third-order valence-electron chi connectivity index (χ3n) is 1.80. The van der Waals surface area contributed by atoms with Gasteiger partial charge in [0.2, 0.25) is 0 Å². The van der Waals surface area contributed by atoms with Crippen LogP contribution in [0, 0.1) is 0 Å². The second-order valence-corrected chi connectivity index (χ2v) is 2.55. The van der Waals surface area contributed by atoms with E-state index in [4.69, 9.17) is 10.8 Å². The number of rotatable bonds is 1.